The zero-order valence-electron chi connectivity index (χ0n) is 7.47. The lowest BCUT2D eigenvalue weighted by molar-refractivity contribution is 0.101. The minimum atomic E-state index is -0.508. The number of carbonyl (C=O) groups is 1. The molecule has 13 heavy (non-hydrogen) atoms. The highest BCUT2D eigenvalue weighted by Crippen LogP contribution is 2.13. The monoisotopic (exact) mass is 248 g/mol. The third-order valence-electron chi connectivity index (χ3n) is 1.74. The molecular formula is C8H10BrFN2O. The van der Waals surface area contributed by atoms with Crippen molar-refractivity contribution < 1.29 is 9.18 Å². The number of hydrogen-bond donors (Lipinski definition) is 0. The minimum absolute atomic E-state index is 0.0666. The lowest BCUT2D eigenvalue weighted by Gasteiger charge is -2.00. The molecule has 0 aliphatic heterocycles. The number of alkyl halides is 1. The Hall–Kier alpha value is -0.710. The van der Waals surface area contributed by atoms with Crippen molar-refractivity contribution in [1.29, 1.82) is 0 Å². The fourth-order valence-electron chi connectivity index (χ4n) is 1.12. The van der Waals surface area contributed by atoms with Gasteiger partial charge >= 0.3 is 0 Å². The second-order valence-electron chi connectivity index (χ2n) is 2.62. The highest BCUT2D eigenvalue weighted by atomic mass is 79.9. The quantitative estimate of drug-likeness (QED) is 0.606. The summed E-state index contributed by atoms with van der Waals surface area (Å²) in [5, 5.41) is 4.02. The Kier molecular flexibility index (Phi) is 3.19. The van der Waals surface area contributed by atoms with Crippen LogP contribution < -0.4 is 0 Å². The van der Waals surface area contributed by atoms with E-state index in [2.05, 4.69) is 21.0 Å². The zero-order valence-corrected chi connectivity index (χ0v) is 9.06. The van der Waals surface area contributed by atoms with Gasteiger partial charge < -0.3 is 0 Å². The topological polar surface area (TPSA) is 34.9 Å². The van der Waals surface area contributed by atoms with Gasteiger partial charge in [0.05, 0.1) is 11.0 Å². The third kappa shape index (κ3) is 1.80. The lowest BCUT2D eigenvalue weighted by Crippen LogP contribution is -2.11. The van der Waals surface area contributed by atoms with Crippen molar-refractivity contribution in [3.05, 3.63) is 17.2 Å². The molecular weight excluding hydrogens is 239 g/mol. The van der Waals surface area contributed by atoms with Crippen molar-refractivity contribution >= 4 is 21.7 Å². The minimum Gasteiger partial charge on any atom is -0.291 e. The summed E-state index contributed by atoms with van der Waals surface area (Å²) in [6, 6.07) is 0. The number of aromatic nitrogens is 2. The summed E-state index contributed by atoms with van der Waals surface area (Å²) in [6.45, 7) is 3.86. The first-order chi connectivity index (χ1) is 6.11. The number of Topliss-reactive ketones (excluding diaryl/α,β-unsaturated/α-hetero) is 1. The van der Waals surface area contributed by atoms with Crippen LogP contribution in [0.3, 0.4) is 0 Å². The number of ketones is 1. The summed E-state index contributed by atoms with van der Waals surface area (Å²) >= 11 is 3.00. The molecule has 72 valence electrons. The van der Waals surface area contributed by atoms with Gasteiger partial charge in [0.2, 0.25) is 0 Å². The molecule has 5 heteroatoms. The molecule has 0 atom stereocenters. The van der Waals surface area contributed by atoms with Crippen LogP contribution in [-0.2, 0) is 6.54 Å². The molecule has 1 aromatic rings. The van der Waals surface area contributed by atoms with Gasteiger partial charge in [0.1, 0.15) is 5.69 Å². The van der Waals surface area contributed by atoms with E-state index < -0.39 is 5.82 Å². The van der Waals surface area contributed by atoms with E-state index in [0.717, 1.165) is 0 Å². The smallest absolute Gasteiger partial charge is 0.194 e. The molecule has 0 N–H and O–H groups in total. The molecule has 0 aromatic carbocycles. The number of rotatable bonds is 3. The van der Waals surface area contributed by atoms with Gasteiger partial charge in [-0.2, -0.15) is 5.10 Å². The molecule has 0 saturated heterocycles. The number of hydrogen-bond acceptors (Lipinski definition) is 2. The van der Waals surface area contributed by atoms with Crippen molar-refractivity contribution in [1.82, 2.24) is 9.78 Å². The average Bonchev–Trinajstić information content (AvgIpc) is 2.42. The van der Waals surface area contributed by atoms with Gasteiger partial charge in [0.15, 0.2) is 11.6 Å². The third-order valence-corrected chi connectivity index (χ3v) is 2.25. The summed E-state index contributed by atoms with van der Waals surface area (Å²) in [5.74, 6) is -0.786. The van der Waals surface area contributed by atoms with Crippen molar-refractivity contribution in [2.24, 2.45) is 0 Å². The molecule has 0 unspecified atom stereocenters. The molecule has 0 saturated carbocycles. The van der Waals surface area contributed by atoms with E-state index in [1.807, 2.05) is 6.92 Å². The van der Waals surface area contributed by atoms with Gasteiger partial charge in [-0.1, -0.05) is 15.9 Å². The van der Waals surface area contributed by atoms with E-state index in [-0.39, 0.29) is 22.5 Å². The zero-order chi connectivity index (χ0) is 10.0. The van der Waals surface area contributed by atoms with Crippen molar-refractivity contribution in [3.8, 4) is 0 Å². The van der Waals surface area contributed by atoms with Crippen LogP contribution in [0.4, 0.5) is 4.39 Å². The molecule has 0 aliphatic rings. The van der Waals surface area contributed by atoms with Gasteiger partial charge in [-0.15, -0.1) is 0 Å². The fraction of sp³-hybridized carbons (Fsp3) is 0.500. The van der Waals surface area contributed by atoms with Gasteiger partial charge in [-0.25, -0.2) is 4.39 Å². The molecule has 0 radical (unpaired) electrons. The maximum Gasteiger partial charge on any atom is 0.194 e. The van der Waals surface area contributed by atoms with Crippen molar-refractivity contribution in [3.63, 3.8) is 0 Å². The number of halogens is 2. The predicted molar refractivity (Wildman–Crippen MR) is 50.7 cm³/mol. The van der Waals surface area contributed by atoms with E-state index in [4.69, 9.17) is 0 Å². The molecule has 1 aromatic heterocycles. The Morgan fingerprint density at radius 1 is 1.69 bits per heavy atom. The first-order valence-corrected chi connectivity index (χ1v) is 5.06. The van der Waals surface area contributed by atoms with Gasteiger partial charge in [-0.05, 0) is 13.8 Å². The molecule has 0 fully saturated rings. The van der Waals surface area contributed by atoms with Crippen molar-refractivity contribution in [2.75, 3.05) is 5.33 Å². The Labute approximate surface area is 84.1 Å². The number of carbonyl (C=O) groups excluding carboxylic acids is 1. The molecule has 3 nitrogen and oxygen atoms in total. The van der Waals surface area contributed by atoms with Gasteiger partial charge in [0.25, 0.3) is 0 Å². The maximum atomic E-state index is 13.3. The predicted octanol–water partition coefficient (Wildman–Crippen LogP) is 1.93. The number of nitrogens with zero attached hydrogens (tertiary/aromatic N) is 2. The van der Waals surface area contributed by atoms with Crippen LogP contribution in [0.2, 0.25) is 0 Å². The SMILES string of the molecule is CCn1nc(C)c(F)c1C(=O)CBr. The van der Waals surface area contributed by atoms with E-state index in [0.29, 0.717) is 6.54 Å². The number of aryl methyl sites for hydroxylation is 2. The first kappa shape index (κ1) is 10.4. The van der Waals surface area contributed by atoms with E-state index in [1.165, 1.54) is 4.68 Å². The summed E-state index contributed by atoms with van der Waals surface area (Å²) in [5.41, 5.74) is 0.336. The van der Waals surface area contributed by atoms with Crippen LogP contribution in [0.15, 0.2) is 0 Å². The van der Waals surface area contributed by atoms with E-state index in [1.54, 1.807) is 6.92 Å². The molecule has 1 rings (SSSR count). The molecule has 1 heterocycles. The lowest BCUT2D eigenvalue weighted by atomic mass is 10.3. The summed E-state index contributed by atoms with van der Waals surface area (Å²) in [4.78, 5) is 11.3. The molecule has 0 spiro atoms. The van der Waals surface area contributed by atoms with Crippen LogP contribution in [-0.4, -0.2) is 20.9 Å². The Morgan fingerprint density at radius 3 is 2.77 bits per heavy atom. The second-order valence-corrected chi connectivity index (χ2v) is 3.18. The summed E-state index contributed by atoms with van der Waals surface area (Å²) < 4.78 is 14.7. The van der Waals surface area contributed by atoms with Crippen LogP contribution in [0.1, 0.15) is 23.1 Å². The first-order valence-electron chi connectivity index (χ1n) is 3.93. The second kappa shape index (κ2) is 4.00. The average molecular weight is 249 g/mol. The van der Waals surface area contributed by atoms with Gasteiger partial charge in [-0.3, -0.25) is 9.48 Å². The standard InChI is InChI=1S/C8H10BrFN2O/c1-3-12-8(6(13)4-9)7(10)5(2)11-12/h3-4H2,1-2H3. The van der Waals surface area contributed by atoms with Crippen LogP contribution in [0.25, 0.3) is 0 Å². The molecule has 0 amide bonds. The van der Waals surface area contributed by atoms with E-state index >= 15 is 0 Å². The van der Waals surface area contributed by atoms with Crippen molar-refractivity contribution in [2.45, 2.75) is 20.4 Å². The van der Waals surface area contributed by atoms with Gasteiger partial charge in [0, 0.05) is 6.54 Å². The van der Waals surface area contributed by atoms with Crippen LogP contribution in [0, 0.1) is 12.7 Å². The highest BCUT2D eigenvalue weighted by Gasteiger charge is 2.19. The Bertz CT molecular complexity index is 335. The Balaban J connectivity index is 3.23. The normalized spacial score (nSPS) is 10.5. The maximum absolute atomic E-state index is 13.3. The highest BCUT2D eigenvalue weighted by molar-refractivity contribution is 9.09. The summed E-state index contributed by atoms with van der Waals surface area (Å²) in [7, 11) is 0. The molecule has 0 aliphatic carbocycles. The fourth-order valence-corrected chi connectivity index (χ4v) is 1.38. The molecule has 0 bridgehead atoms. The Morgan fingerprint density at radius 2 is 2.31 bits per heavy atom. The van der Waals surface area contributed by atoms with E-state index in [9.17, 15) is 9.18 Å². The summed E-state index contributed by atoms with van der Waals surface area (Å²) in [6.07, 6.45) is 0. The largest absolute Gasteiger partial charge is 0.291 e. The van der Waals surface area contributed by atoms with Crippen LogP contribution >= 0.6 is 15.9 Å². The van der Waals surface area contributed by atoms with Crippen LogP contribution in [0.5, 0.6) is 0 Å².